The van der Waals surface area contributed by atoms with Gasteiger partial charge in [0, 0.05) is 18.3 Å². The van der Waals surface area contributed by atoms with Gasteiger partial charge in [0.05, 0.1) is 5.69 Å². The summed E-state index contributed by atoms with van der Waals surface area (Å²) in [7, 11) is 2.15. The standard InChI is InChI=1S/C15H24N2O/c1-12-9-10-15(18)14(16-12)11-17(2)13-7-5-3-4-6-8-13/h9-10,13,18H,3-8,11H2,1-2H3. The zero-order valence-corrected chi connectivity index (χ0v) is 11.5. The highest BCUT2D eigenvalue weighted by atomic mass is 16.3. The summed E-state index contributed by atoms with van der Waals surface area (Å²) >= 11 is 0. The molecule has 0 aliphatic heterocycles. The molecule has 100 valence electrons. The predicted octanol–water partition coefficient (Wildman–Crippen LogP) is 3.25. The molecular weight excluding hydrogens is 224 g/mol. The number of hydrogen-bond donors (Lipinski definition) is 1. The average Bonchev–Trinajstić information content (AvgIpc) is 2.62. The van der Waals surface area contributed by atoms with Gasteiger partial charge in [-0.1, -0.05) is 25.7 Å². The predicted molar refractivity (Wildman–Crippen MR) is 73.6 cm³/mol. The number of nitrogens with zero attached hydrogens (tertiary/aromatic N) is 2. The van der Waals surface area contributed by atoms with Crippen LogP contribution in [0.15, 0.2) is 12.1 Å². The first-order valence-corrected chi connectivity index (χ1v) is 7.02. The van der Waals surface area contributed by atoms with Gasteiger partial charge in [-0.05, 0) is 38.9 Å². The highest BCUT2D eigenvalue weighted by molar-refractivity contribution is 5.27. The Kier molecular flexibility index (Phi) is 4.59. The Hall–Kier alpha value is -1.09. The maximum absolute atomic E-state index is 9.85. The molecule has 3 nitrogen and oxygen atoms in total. The summed E-state index contributed by atoms with van der Waals surface area (Å²) < 4.78 is 0. The van der Waals surface area contributed by atoms with E-state index in [-0.39, 0.29) is 0 Å². The van der Waals surface area contributed by atoms with Crippen LogP contribution in [0.5, 0.6) is 5.75 Å². The second-order valence-corrected chi connectivity index (χ2v) is 5.48. The van der Waals surface area contributed by atoms with Crippen molar-refractivity contribution in [2.24, 2.45) is 0 Å². The van der Waals surface area contributed by atoms with Crippen LogP contribution in [0.4, 0.5) is 0 Å². The molecule has 0 saturated heterocycles. The van der Waals surface area contributed by atoms with Crippen molar-refractivity contribution in [2.75, 3.05) is 7.05 Å². The molecule has 0 atom stereocenters. The van der Waals surface area contributed by atoms with Crippen molar-refractivity contribution in [3.05, 3.63) is 23.5 Å². The van der Waals surface area contributed by atoms with Crippen LogP contribution in [0.2, 0.25) is 0 Å². The van der Waals surface area contributed by atoms with Crippen LogP contribution in [0, 0.1) is 6.92 Å². The summed E-state index contributed by atoms with van der Waals surface area (Å²) in [5, 5.41) is 9.85. The van der Waals surface area contributed by atoms with E-state index in [2.05, 4.69) is 16.9 Å². The average molecular weight is 248 g/mol. The molecule has 1 aromatic heterocycles. The van der Waals surface area contributed by atoms with E-state index in [1.54, 1.807) is 6.07 Å². The van der Waals surface area contributed by atoms with Crippen LogP contribution in [-0.2, 0) is 6.54 Å². The Morgan fingerprint density at radius 1 is 1.22 bits per heavy atom. The largest absolute Gasteiger partial charge is 0.506 e. The first-order valence-electron chi connectivity index (χ1n) is 7.02. The lowest BCUT2D eigenvalue weighted by Crippen LogP contribution is -2.31. The van der Waals surface area contributed by atoms with Gasteiger partial charge < -0.3 is 5.11 Å². The third-order valence-electron chi connectivity index (χ3n) is 3.94. The zero-order valence-electron chi connectivity index (χ0n) is 11.5. The molecule has 2 rings (SSSR count). The van der Waals surface area contributed by atoms with E-state index in [0.29, 0.717) is 11.8 Å². The number of aromatic hydroxyl groups is 1. The topological polar surface area (TPSA) is 36.4 Å². The fourth-order valence-corrected chi connectivity index (χ4v) is 2.78. The maximum atomic E-state index is 9.85. The molecule has 3 heteroatoms. The molecule has 0 bridgehead atoms. The van der Waals surface area contributed by atoms with E-state index in [9.17, 15) is 5.11 Å². The van der Waals surface area contributed by atoms with Crippen LogP contribution in [0.1, 0.15) is 49.9 Å². The number of rotatable bonds is 3. The molecule has 1 heterocycles. The lowest BCUT2D eigenvalue weighted by atomic mass is 10.1. The molecule has 0 unspecified atom stereocenters. The van der Waals surface area contributed by atoms with Crippen LogP contribution in [0.25, 0.3) is 0 Å². The second-order valence-electron chi connectivity index (χ2n) is 5.48. The quantitative estimate of drug-likeness (QED) is 0.834. The molecule has 0 spiro atoms. The Morgan fingerprint density at radius 3 is 2.56 bits per heavy atom. The number of pyridine rings is 1. The fraction of sp³-hybridized carbons (Fsp3) is 0.667. The van der Waals surface area contributed by atoms with E-state index in [4.69, 9.17) is 0 Å². The molecule has 1 N–H and O–H groups in total. The van der Waals surface area contributed by atoms with Crippen molar-refractivity contribution in [3.8, 4) is 5.75 Å². The Bertz CT molecular complexity index is 384. The molecule has 1 aliphatic carbocycles. The second kappa shape index (κ2) is 6.19. The van der Waals surface area contributed by atoms with Gasteiger partial charge in [-0.25, -0.2) is 0 Å². The highest BCUT2D eigenvalue weighted by Crippen LogP contribution is 2.24. The van der Waals surface area contributed by atoms with Gasteiger partial charge in [-0.3, -0.25) is 9.88 Å². The third-order valence-corrected chi connectivity index (χ3v) is 3.94. The lowest BCUT2D eigenvalue weighted by molar-refractivity contribution is 0.208. The highest BCUT2D eigenvalue weighted by Gasteiger charge is 2.18. The number of aromatic nitrogens is 1. The first-order chi connectivity index (χ1) is 8.66. The van der Waals surface area contributed by atoms with E-state index < -0.39 is 0 Å². The van der Waals surface area contributed by atoms with Crippen molar-refractivity contribution in [1.82, 2.24) is 9.88 Å². The SMILES string of the molecule is Cc1ccc(O)c(CN(C)C2CCCCCC2)n1. The minimum Gasteiger partial charge on any atom is -0.506 e. The van der Waals surface area contributed by atoms with Gasteiger partial charge >= 0.3 is 0 Å². The monoisotopic (exact) mass is 248 g/mol. The third kappa shape index (κ3) is 3.45. The van der Waals surface area contributed by atoms with Crippen molar-refractivity contribution in [2.45, 2.75) is 58.0 Å². The normalized spacial score (nSPS) is 17.9. The van der Waals surface area contributed by atoms with Gasteiger partial charge in [0.15, 0.2) is 0 Å². The molecule has 0 amide bonds. The summed E-state index contributed by atoms with van der Waals surface area (Å²) in [6.45, 7) is 2.72. The minimum absolute atomic E-state index is 0.320. The lowest BCUT2D eigenvalue weighted by Gasteiger charge is -2.26. The van der Waals surface area contributed by atoms with Crippen LogP contribution < -0.4 is 0 Å². The van der Waals surface area contributed by atoms with Gasteiger partial charge in [0.1, 0.15) is 5.75 Å². The van der Waals surface area contributed by atoms with Gasteiger partial charge in [0.25, 0.3) is 0 Å². The summed E-state index contributed by atoms with van der Waals surface area (Å²) in [5.41, 5.74) is 1.78. The molecule has 0 radical (unpaired) electrons. The van der Waals surface area contributed by atoms with Crippen molar-refractivity contribution >= 4 is 0 Å². The molecule has 0 aromatic carbocycles. The van der Waals surface area contributed by atoms with E-state index in [1.165, 1.54) is 38.5 Å². The van der Waals surface area contributed by atoms with Gasteiger partial charge in [0.2, 0.25) is 0 Å². The Morgan fingerprint density at radius 2 is 1.89 bits per heavy atom. The smallest absolute Gasteiger partial charge is 0.138 e. The maximum Gasteiger partial charge on any atom is 0.138 e. The first kappa shape index (κ1) is 13.3. The Balaban J connectivity index is 2.00. The van der Waals surface area contributed by atoms with Gasteiger partial charge in [-0.15, -0.1) is 0 Å². The summed E-state index contributed by atoms with van der Waals surface area (Å²) in [6, 6.07) is 4.25. The molecule has 1 aliphatic rings. The molecule has 1 fully saturated rings. The molecule has 1 saturated carbocycles. The number of hydrogen-bond acceptors (Lipinski definition) is 3. The van der Waals surface area contributed by atoms with E-state index in [1.807, 2.05) is 13.0 Å². The van der Waals surface area contributed by atoms with Crippen LogP contribution in [0.3, 0.4) is 0 Å². The van der Waals surface area contributed by atoms with E-state index in [0.717, 1.165) is 17.9 Å². The fourth-order valence-electron chi connectivity index (χ4n) is 2.78. The summed E-state index contributed by atoms with van der Waals surface area (Å²) in [6.07, 6.45) is 7.98. The zero-order chi connectivity index (χ0) is 13.0. The van der Waals surface area contributed by atoms with Crippen molar-refractivity contribution in [3.63, 3.8) is 0 Å². The van der Waals surface area contributed by atoms with Crippen molar-refractivity contribution < 1.29 is 5.11 Å². The molecule has 18 heavy (non-hydrogen) atoms. The molecular formula is C15H24N2O. The van der Waals surface area contributed by atoms with E-state index >= 15 is 0 Å². The van der Waals surface area contributed by atoms with Crippen LogP contribution in [-0.4, -0.2) is 28.1 Å². The summed E-state index contributed by atoms with van der Waals surface area (Å²) in [5.74, 6) is 0.320. The minimum atomic E-state index is 0.320. The Labute approximate surface area is 110 Å². The number of aryl methyl sites for hydroxylation is 1. The van der Waals surface area contributed by atoms with Crippen LogP contribution >= 0.6 is 0 Å². The van der Waals surface area contributed by atoms with Crippen molar-refractivity contribution in [1.29, 1.82) is 0 Å². The molecule has 1 aromatic rings. The summed E-state index contributed by atoms with van der Waals surface area (Å²) in [4.78, 5) is 6.79. The van der Waals surface area contributed by atoms with Gasteiger partial charge in [-0.2, -0.15) is 0 Å².